The molecule has 2 aliphatic heterocycles. The number of halogens is 1. The minimum atomic E-state index is -0.637. The predicted molar refractivity (Wildman–Crippen MR) is 64.0 cm³/mol. The topological polar surface area (TPSA) is 51.7 Å². The highest BCUT2D eigenvalue weighted by atomic mass is 19.1. The van der Waals surface area contributed by atoms with Crippen molar-refractivity contribution in [3.63, 3.8) is 0 Å². The summed E-state index contributed by atoms with van der Waals surface area (Å²) in [6, 6.07) is 4.24. The number of ether oxygens (including phenoxy) is 2. The van der Waals surface area contributed by atoms with Crippen LogP contribution in [0.1, 0.15) is 23.3 Å². The van der Waals surface area contributed by atoms with E-state index in [-0.39, 0.29) is 11.6 Å². The largest absolute Gasteiger partial charge is 0.347 e. The zero-order valence-corrected chi connectivity index (χ0v) is 10.5. The number of hydrogen-bond acceptors (Lipinski definition) is 4. The Labute approximate surface area is 110 Å². The average molecular weight is 266 g/mol. The molecule has 2 aliphatic rings. The second-order valence-electron chi connectivity index (χ2n) is 4.75. The van der Waals surface area contributed by atoms with Gasteiger partial charge >= 0.3 is 0 Å². The normalized spacial score (nSPS) is 21.8. The van der Waals surface area contributed by atoms with E-state index in [9.17, 15) is 9.18 Å². The van der Waals surface area contributed by atoms with E-state index in [4.69, 9.17) is 9.47 Å². The molecule has 3 heterocycles. The van der Waals surface area contributed by atoms with E-state index in [0.717, 1.165) is 0 Å². The SMILES string of the molecule is O=C(c1cccc(F)n1)N1CCC2(CC1)OCCO2. The van der Waals surface area contributed by atoms with E-state index in [1.807, 2.05) is 0 Å². The van der Waals surface area contributed by atoms with Crippen molar-refractivity contribution in [3.8, 4) is 0 Å². The number of nitrogens with zero attached hydrogens (tertiary/aromatic N) is 2. The Bertz CT molecular complexity index is 479. The molecule has 0 bridgehead atoms. The zero-order chi connectivity index (χ0) is 13.3. The lowest BCUT2D eigenvalue weighted by atomic mass is 10.0. The summed E-state index contributed by atoms with van der Waals surface area (Å²) in [6.07, 6.45) is 1.29. The fraction of sp³-hybridized carbons (Fsp3) is 0.538. The van der Waals surface area contributed by atoms with Crippen LogP contribution in [0.2, 0.25) is 0 Å². The summed E-state index contributed by atoms with van der Waals surface area (Å²) in [5.41, 5.74) is 0.143. The van der Waals surface area contributed by atoms with Gasteiger partial charge in [0.15, 0.2) is 5.79 Å². The molecule has 0 aliphatic carbocycles. The van der Waals surface area contributed by atoms with Crippen molar-refractivity contribution in [1.29, 1.82) is 0 Å². The van der Waals surface area contributed by atoms with Gasteiger partial charge in [0.25, 0.3) is 5.91 Å². The van der Waals surface area contributed by atoms with Crippen molar-refractivity contribution in [2.24, 2.45) is 0 Å². The van der Waals surface area contributed by atoms with Gasteiger partial charge in [-0.3, -0.25) is 4.79 Å². The molecule has 1 amide bonds. The van der Waals surface area contributed by atoms with Gasteiger partial charge in [0.05, 0.1) is 13.2 Å². The van der Waals surface area contributed by atoms with Crippen LogP contribution in [-0.2, 0) is 9.47 Å². The number of hydrogen-bond donors (Lipinski definition) is 0. The zero-order valence-electron chi connectivity index (χ0n) is 10.5. The molecule has 19 heavy (non-hydrogen) atoms. The number of rotatable bonds is 1. The maximum absolute atomic E-state index is 13.0. The van der Waals surface area contributed by atoms with Crippen LogP contribution in [0, 0.1) is 5.95 Å². The van der Waals surface area contributed by atoms with Crippen LogP contribution in [0.5, 0.6) is 0 Å². The smallest absolute Gasteiger partial charge is 0.272 e. The first kappa shape index (κ1) is 12.5. The van der Waals surface area contributed by atoms with Crippen LogP contribution in [0.15, 0.2) is 18.2 Å². The molecule has 1 aromatic rings. The fourth-order valence-electron chi connectivity index (χ4n) is 2.53. The van der Waals surface area contributed by atoms with E-state index >= 15 is 0 Å². The van der Waals surface area contributed by atoms with Crippen LogP contribution in [0.3, 0.4) is 0 Å². The molecule has 0 radical (unpaired) electrons. The third-order valence-electron chi connectivity index (χ3n) is 3.56. The number of carbonyl (C=O) groups is 1. The van der Waals surface area contributed by atoms with Gasteiger partial charge in [0, 0.05) is 25.9 Å². The average Bonchev–Trinajstić information content (AvgIpc) is 2.87. The van der Waals surface area contributed by atoms with Crippen LogP contribution >= 0.6 is 0 Å². The monoisotopic (exact) mass is 266 g/mol. The first-order valence-corrected chi connectivity index (χ1v) is 6.38. The van der Waals surface area contributed by atoms with E-state index in [2.05, 4.69) is 4.98 Å². The van der Waals surface area contributed by atoms with E-state index in [0.29, 0.717) is 39.1 Å². The third-order valence-corrected chi connectivity index (χ3v) is 3.56. The molecule has 2 saturated heterocycles. The molecule has 0 atom stereocenters. The second kappa shape index (κ2) is 4.86. The molecule has 0 unspecified atom stereocenters. The standard InChI is InChI=1S/C13H15FN2O3/c14-11-3-1-2-10(15-11)12(17)16-6-4-13(5-7-16)18-8-9-19-13/h1-3H,4-9H2. The Morgan fingerprint density at radius 3 is 2.58 bits per heavy atom. The van der Waals surface area contributed by atoms with E-state index in [1.165, 1.54) is 18.2 Å². The number of pyridine rings is 1. The van der Waals surface area contributed by atoms with Crippen molar-refractivity contribution in [2.75, 3.05) is 26.3 Å². The Morgan fingerprint density at radius 2 is 1.95 bits per heavy atom. The van der Waals surface area contributed by atoms with Gasteiger partial charge in [-0.2, -0.15) is 4.39 Å². The highest BCUT2D eigenvalue weighted by molar-refractivity contribution is 5.92. The molecule has 2 fully saturated rings. The number of piperidine rings is 1. The van der Waals surface area contributed by atoms with Crippen molar-refractivity contribution >= 4 is 5.91 Å². The van der Waals surface area contributed by atoms with Crippen molar-refractivity contribution in [1.82, 2.24) is 9.88 Å². The Morgan fingerprint density at radius 1 is 1.26 bits per heavy atom. The summed E-state index contributed by atoms with van der Waals surface area (Å²) in [5, 5.41) is 0. The summed E-state index contributed by atoms with van der Waals surface area (Å²) >= 11 is 0. The van der Waals surface area contributed by atoms with Crippen LogP contribution < -0.4 is 0 Å². The quantitative estimate of drug-likeness (QED) is 0.717. The molecular formula is C13H15FN2O3. The van der Waals surface area contributed by atoms with Crippen LogP contribution in [-0.4, -0.2) is 47.9 Å². The fourth-order valence-corrected chi connectivity index (χ4v) is 2.53. The highest BCUT2D eigenvalue weighted by Gasteiger charge is 2.40. The molecule has 6 heteroatoms. The lowest BCUT2D eigenvalue weighted by Gasteiger charge is -2.37. The lowest BCUT2D eigenvalue weighted by Crippen LogP contribution is -2.47. The Kier molecular flexibility index (Phi) is 3.20. The summed E-state index contributed by atoms with van der Waals surface area (Å²) in [6.45, 7) is 2.30. The van der Waals surface area contributed by atoms with Crippen molar-refractivity contribution in [2.45, 2.75) is 18.6 Å². The van der Waals surface area contributed by atoms with Crippen molar-refractivity contribution < 1.29 is 18.7 Å². The molecule has 0 aromatic carbocycles. The molecule has 5 nitrogen and oxygen atoms in total. The molecule has 102 valence electrons. The van der Waals surface area contributed by atoms with Crippen molar-refractivity contribution in [3.05, 3.63) is 29.8 Å². The van der Waals surface area contributed by atoms with Gasteiger partial charge in [-0.1, -0.05) is 6.07 Å². The number of aromatic nitrogens is 1. The predicted octanol–water partition coefficient (Wildman–Crippen LogP) is 1.20. The van der Waals surface area contributed by atoms with Gasteiger partial charge < -0.3 is 14.4 Å². The molecule has 0 N–H and O–H groups in total. The van der Waals surface area contributed by atoms with Gasteiger partial charge in [-0.25, -0.2) is 4.98 Å². The Balaban J connectivity index is 1.66. The number of carbonyl (C=O) groups excluding carboxylic acids is 1. The number of amides is 1. The van der Waals surface area contributed by atoms with Gasteiger partial charge in [-0.15, -0.1) is 0 Å². The van der Waals surface area contributed by atoms with E-state index in [1.54, 1.807) is 4.90 Å². The Hall–Kier alpha value is -1.53. The van der Waals surface area contributed by atoms with Crippen LogP contribution in [0.4, 0.5) is 4.39 Å². The van der Waals surface area contributed by atoms with Gasteiger partial charge in [-0.05, 0) is 12.1 Å². The highest BCUT2D eigenvalue weighted by Crippen LogP contribution is 2.31. The van der Waals surface area contributed by atoms with Gasteiger partial charge in [0.1, 0.15) is 5.69 Å². The molecule has 1 aromatic heterocycles. The lowest BCUT2D eigenvalue weighted by molar-refractivity contribution is -0.181. The molecule has 0 saturated carbocycles. The third kappa shape index (κ3) is 2.46. The molecular weight excluding hydrogens is 251 g/mol. The minimum Gasteiger partial charge on any atom is -0.347 e. The molecule has 3 rings (SSSR count). The first-order chi connectivity index (χ1) is 9.19. The summed E-state index contributed by atoms with van der Waals surface area (Å²) in [5.74, 6) is -1.39. The van der Waals surface area contributed by atoms with E-state index < -0.39 is 11.7 Å². The molecule has 1 spiro atoms. The number of likely N-dealkylation sites (tertiary alicyclic amines) is 1. The second-order valence-corrected chi connectivity index (χ2v) is 4.75. The van der Waals surface area contributed by atoms with Gasteiger partial charge in [0.2, 0.25) is 5.95 Å². The summed E-state index contributed by atoms with van der Waals surface area (Å²) in [4.78, 5) is 17.5. The maximum atomic E-state index is 13.0. The maximum Gasteiger partial charge on any atom is 0.272 e. The summed E-state index contributed by atoms with van der Waals surface area (Å²) < 4.78 is 24.2. The van der Waals surface area contributed by atoms with Crippen LogP contribution in [0.25, 0.3) is 0 Å². The minimum absolute atomic E-state index is 0.143. The summed E-state index contributed by atoms with van der Waals surface area (Å²) in [7, 11) is 0. The first-order valence-electron chi connectivity index (χ1n) is 6.38.